The van der Waals surface area contributed by atoms with Gasteiger partial charge in [-0.2, -0.15) is 0 Å². The van der Waals surface area contributed by atoms with Gasteiger partial charge in [0, 0.05) is 11.8 Å². The van der Waals surface area contributed by atoms with Crippen LogP contribution in [0.2, 0.25) is 0 Å². The van der Waals surface area contributed by atoms with Crippen molar-refractivity contribution in [1.82, 2.24) is 4.98 Å². The predicted octanol–water partition coefficient (Wildman–Crippen LogP) is 1.83. The average molecular weight is 228 g/mol. The second-order valence-electron chi connectivity index (χ2n) is 3.66. The van der Waals surface area contributed by atoms with Gasteiger partial charge in [-0.25, -0.2) is 0 Å². The van der Waals surface area contributed by atoms with Gasteiger partial charge in [0.15, 0.2) is 0 Å². The summed E-state index contributed by atoms with van der Waals surface area (Å²) in [5.41, 5.74) is 7.79. The lowest BCUT2D eigenvalue weighted by molar-refractivity contribution is -0.138. The monoisotopic (exact) mass is 228 g/mol. The van der Waals surface area contributed by atoms with Gasteiger partial charge < -0.3 is 10.8 Å². The van der Waals surface area contributed by atoms with Crippen LogP contribution in [0.15, 0.2) is 48.7 Å². The first-order chi connectivity index (χ1) is 8.18. The summed E-state index contributed by atoms with van der Waals surface area (Å²) in [6, 6.07) is 11.7. The number of hydrogen-bond acceptors (Lipinski definition) is 3. The van der Waals surface area contributed by atoms with Gasteiger partial charge in [0.1, 0.15) is 6.04 Å². The van der Waals surface area contributed by atoms with E-state index in [4.69, 9.17) is 10.8 Å². The Bertz CT molecular complexity index is 526. The molecule has 2 aromatic rings. The number of carbonyl (C=O) groups is 1. The summed E-state index contributed by atoms with van der Waals surface area (Å²) in [6.07, 6.45) is 1.69. The van der Waals surface area contributed by atoms with E-state index in [1.54, 1.807) is 24.4 Å². The summed E-state index contributed by atoms with van der Waals surface area (Å²) in [5, 5.41) is 8.86. The number of aliphatic carboxylic acids is 1. The molecule has 1 atom stereocenters. The normalized spacial score (nSPS) is 12.1. The number of rotatable bonds is 3. The Balaban J connectivity index is 2.39. The molecule has 0 amide bonds. The molecule has 0 aliphatic rings. The van der Waals surface area contributed by atoms with Crippen molar-refractivity contribution in [3.63, 3.8) is 0 Å². The molecule has 1 aromatic heterocycles. The summed E-state index contributed by atoms with van der Waals surface area (Å²) < 4.78 is 0. The van der Waals surface area contributed by atoms with Crippen LogP contribution >= 0.6 is 0 Å². The van der Waals surface area contributed by atoms with Crippen LogP contribution in [0.3, 0.4) is 0 Å². The van der Waals surface area contributed by atoms with E-state index in [1.165, 1.54) is 0 Å². The molecule has 1 heterocycles. The van der Waals surface area contributed by atoms with E-state index in [2.05, 4.69) is 4.98 Å². The van der Waals surface area contributed by atoms with Crippen molar-refractivity contribution in [3.8, 4) is 11.3 Å². The van der Waals surface area contributed by atoms with E-state index in [0.717, 1.165) is 11.3 Å². The zero-order chi connectivity index (χ0) is 12.3. The zero-order valence-corrected chi connectivity index (χ0v) is 9.08. The highest BCUT2D eigenvalue weighted by Gasteiger charge is 2.14. The topological polar surface area (TPSA) is 76.2 Å². The number of hydrogen-bond donors (Lipinski definition) is 2. The van der Waals surface area contributed by atoms with Crippen molar-refractivity contribution in [2.75, 3.05) is 0 Å². The van der Waals surface area contributed by atoms with Crippen LogP contribution < -0.4 is 5.73 Å². The van der Waals surface area contributed by atoms with Crippen LogP contribution in [-0.4, -0.2) is 16.1 Å². The molecule has 0 aliphatic carbocycles. The summed E-state index contributed by atoms with van der Waals surface area (Å²) in [5.74, 6) is -1.04. The molecule has 0 fully saturated rings. The summed E-state index contributed by atoms with van der Waals surface area (Å²) in [6.45, 7) is 0. The van der Waals surface area contributed by atoms with E-state index < -0.39 is 12.0 Å². The van der Waals surface area contributed by atoms with Crippen LogP contribution in [-0.2, 0) is 4.79 Å². The Morgan fingerprint density at radius 3 is 2.71 bits per heavy atom. The maximum atomic E-state index is 10.8. The van der Waals surface area contributed by atoms with Gasteiger partial charge in [0.25, 0.3) is 0 Å². The number of benzene rings is 1. The van der Waals surface area contributed by atoms with E-state index in [0.29, 0.717) is 5.56 Å². The Kier molecular flexibility index (Phi) is 3.16. The molecule has 86 valence electrons. The lowest BCUT2D eigenvalue weighted by Gasteiger charge is -2.08. The molecule has 0 bridgehead atoms. The smallest absolute Gasteiger partial charge is 0.325 e. The molecule has 3 N–H and O–H groups in total. The van der Waals surface area contributed by atoms with Crippen molar-refractivity contribution < 1.29 is 9.90 Å². The highest BCUT2D eigenvalue weighted by Crippen LogP contribution is 2.20. The van der Waals surface area contributed by atoms with Gasteiger partial charge in [0.05, 0.1) is 5.69 Å². The minimum absolute atomic E-state index is 0.570. The first-order valence-electron chi connectivity index (χ1n) is 5.18. The number of pyridine rings is 1. The number of nitrogens with zero attached hydrogens (tertiary/aromatic N) is 1. The first-order valence-corrected chi connectivity index (χ1v) is 5.18. The van der Waals surface area contributed by atoms with Gasteiger partial charge in [-0.3, -0.25) is 9.78 Å². The lowest BCUT2D eigenvalue weighted by atomic mass is 10.0. The van der Waals surface area contributed by atoms with E-state index in [9.17, 15) is 4.79 Å². The minimum Gasteiger partial charge on any atom is -0.480 e. The maximum Gasteiger partial charge on any atom is 0.325 e. The van der Waals surface area contributed by atoms with Crippen LogP contribution in [0, 0.1) is 0 Å². The summed E-state index contributed by atoms with van der Waals surface area (Å²) in [7, 11) is 0. The fourth-order valence-corrected chi connectivity index (χ4v) is 1.57. The molecule has 1 aromatic carbocycles. The Hall–Kier alpha value is -2.20. The van der Waals surface area contributed by atoms with Gasteiger partial charge in [-0.1, -0.05) is 24.3 Å². The van der Waals surface area contributed by atoms with Crippen LogP contribution in [0.1, 0.15) is 11.6 Å². The zero-order valence-electron chi connectivity index (χ0n) is 9.08. The molecule has 0 radical (unpaired) electrons. The van der Waals surface area contributed by atoms with Gasteiger partial charge in [-0.15, -0.1) is 0 Å². The minimum atomic E-state index is -1.04. The molecule has 2 rings (SSSR count). The van der Waals surface area contributed by atoms with Crippen LogP contribution in [0.5, 0.6) is 0 Å². The Labute approximate surface area is 98.7 Å². The van der Waals surface area contributed by atoms with E-state index in [1.807, 2.05) is 24.3 Å². The van der Waals surface area contributed by atoms with E-state index >= 15 is 0 Å². The average Bonchev–Trinajstić information content (AvgIpc) is 2.39. The number of aromatic nitrogens is 1. The lowest BCUT2D eigenvalue weighted by Crippen LogP contribution is -2.20. The molecule has 0 saturated carbocycles. The molecule has 0 saturated heterocycles. The number of nitrogens with two attached hydrogens (primary N) is 1. The SMILES string of the molecule is N[C@H](C(=O)O)c1cccc(-c2ccccn2)c1. The van der Waals surface area contributed by atoms with Crippen LogP contribution in [0.4, 0.5) is 0 Å². The molecular formula is C13H12N2O2. The van der Waals surface area contributed by atoms with Crippen LogP contribution in [0.25, 0.3) is 11.3 Å². The first kappa shape index (κ1) is 11.3. The second-order valence-corrected chi connectivity index (χ2v) is 3.66. The van der Waals surface area contributed by atoms with Crippen molar-refractivity contribution in [1.29, 1.82) is 0 Å². The van der Waals surface area contributed by atoms with Gasteiger partial charge in [-0.05, 0) is 23.8 Å². The predicted molar refractivity (Wildman–Crippen MR) is 64.2 cm³/mol. The second kappa shape index (κ2) is 4.76. The summed E-state index contributed by atoms with van der Waals surface area (Å²) >= 11 is 0. The number of carboxylic acids is 1. The Morgan fingerprint density at radius 1 is 1.24 bits per heavy atom. The largest absolute Gasteiger partial charge is 0.480 e. The standard InChI is InChI=1S/C13H12N2O2/c14-12(13(16)17)10-5-3-4-9(8-10)11-6-1-2-7-15-11/h1-8,12H,14H2,(H,16,17)/t12-/m0/s1. The quantitative estimate of drug-likeness (QED) is 0.840. The molecule has 0 unspecified atom stereocenters. The van der Waals surface area contributed by atoms with Gasteiger partial charge >= 0.3 is 5.97 Å². The van der Waals surface area contributed by atoms with E-state index in [-0.39, 0.29) is 0 Å². The van der Waals surface area contributed by atoms with Gasteiger partial charge in [0.2, 0.25) is 0 Å². The highest BCUT2D eigenvalue weighted by molar-refractivity contribution is 5.76. The fourth-order valence-electron chi connectivity index (χ4n) is 1.57. The molecule has 0 aliphatic heterocycles. The number of carboxylic acid groups (broad SMARTS) is 1. The van der Waals surface area contributed by atoms with Crippen molar-refractivity contribution in [2.24, 2.45) is 5.73 Å². The third kappa shape index (κ3) is 2.49. The highest BCUT2D eigenvalue weighted by atomic mass is 16.4. The molecule has 17 heavy (non-hydrogen) atoms. The summed E-state index contributed by atoms with van der Waals surface area (Å²) in [4.78, 5) is 15.0. The molecule has 4 heteroatoms. The maximum absolute atomic E-state index is 10.8. The van der Waals surface area contributed by atoms with Crippen molar-refractivity contribution in [2.45, 2.75) is 6.04 Å². The molecular weight excluding hydrogens is 216 g/mol. The fraction of sp³-hybridized carbons (Fsp3) is 0.0769. The third-order valence-corrected chi connectivity index (χ3v) is 2.47. The van der Waals surface area contributed by atoms with Crippen molar-refractivity contribution >= 4 is 5.97 Å². The van der Waals surface area contributed by atoms with Crippen molar-refractivity contribution in [3.05, 3.63) is 54.2 Å². The molecule has 0 spiro atoms. The molecule has 4 nitrogen and oxygen atoms in total. The Morgan fingerprint density at radius 2 is 2.06 bits per heavy atom. The third-order valence-electron chi connectivity index (χ3n) is 2.47.